The van der Waals surface area contributed by atoms with Crippen LogP contribution in [0.3, 0.4) is 0 Å². The SMILES string of the molecule is Cc1ccc(S(=O)(=O)NC(CCn2nnc(-c3ccccc3)n2)c2ccccc2)cc1. The maximum absolute atomic E-state index is 13.0. The zero-order valence-corrected chi connectivity index (χ0v) is 17.9. The van der Waals surface area contributed by atoms with Crippen molar-refractivity contribution in [1.82, 2.24) is 24.9 Å². The summed E-state index contributed by atoms with van der Waals surface area (Å²) in [5.74, 6) is 0.539. The molecule has 31 heavy (non-hydrogen) atoms. The summed E-state index contributed by atoms with van der Waals surface area (Å²) in [7, 11) is -3.68. The summed E-state index contributed by atoms with van der Waals surface area (Å²) in [6, 6.07) is 25.5. The zero-order valence-electron chi connectivity index (χ0n) is 17.1. The van der Waals surface area contributed by atoms with Gasteiger partial charge in [-0.3, -0.25) is 0 Å². The van der Waals surface area contributed by atoms with Crippen molar-refractivity contribution in [3.05, 3.63) is 96.1 Å². The van der Waals surface area contributed by atoms with E-state index < -0.39 is 16.1 Å². The van der Waals surface area contributed by atoms with Crippen molar-refractivity contribution in [3.8, 4) is 11.4 Å². The van der Waals surface area contributed by atoms with E-state index in [0.29, 0.717) is 18.8 Å². The Hall–Kier alpha value is -3.36. The van der Waals surface area contributed by atoms with Crippen LogP contribution >= 0.6 is 0 Å². The minimum Gasteiger partial charge on any atom is -0.207 e. The molecule has 0 radical (unpaired) electrons. The van der Waals surface area contributed by atoms with Gasteiger partial charge in [0.2, 0.25) is 15.8 Å². The molecule has 1 unspecified atom stereocenters. The molecule has 1 aromatic heterocycles. The number of sulfonamides is 1. The molecular formula is C23H23N5O2S. The van der Waals surface area contributed by atoms with Gasteiger partial charge in [-0.25, -0.2) is 13.1 Å². The van der Waals surface area contributed by atoms with Gasteiger partial charge in [-0.2, -0.15) is 4.80 Å². The molecule has 1 N–H and O–H groups in total. The Kier molecular flexibility index (Phi) is 6.20. The average molecular weight is 434 g/mol. The molecule has 0 aliphatic rings. The number of nitrogens with one attached hydrogen (secondary N) is 1. The molecule has 8 heteroatoms. The smallest absolute Gasteiger partial charge is 0.207 e. The normalized spacial score (nSPS) is 12.5. The van der Waals surface area contributed by atoms with E-state index in [1.165, 1.54) is 4.80 Å². The third-order valence-electron chi connectivity index (χ3n) is 4.93. The fraction of sp³-hybridized carbons (Fsp3) is 0.174. The monoisotopic (exact) mass is 433 g/mol. The summed E-state index contributed by atoms with van der Waals surface area (Å²) in [4.78, 5) is 1.74. The van der Waals surface area contributed by atoms with Gasteiger partial charge in [0.05, 0.1) is 11.4 Å². The highest BCUT2D eigenvalue weighted by Gasteiger charge is 2.22. The maximum atomic E-state index is 13.0. The maximum Gasteiger partial charge on any atom is 0.241 e. The van der Waals surface area contributed by atoms with Crippen LogP contribution in [0.5, 0.6) is 0 Å². The number of hydrogen-bond donors (Lipinski definition) is 1. The van der Waals surface area contributed by atoms with Gasteiger partial charge in [-0.15, -0.1) is 10.2 Å². The number of aryl methyl sites for hydroxylation is 2. The van der Waals surface area contributed by atoms with Crippen LogP contribution in [-0.4, -0.2) is 28.6 Å². The first-order valence-corrected chi connectivity index (χ1v) is 11.5. The molecule has 1 heterocycles. The third kappa shape index (κ3) is 5.22. The van der Waals surface area contributed by atoms with E-state index >= 15 is 0 Å². The molecule has 7 nitrogen and oxygen atoms in total. The van der Waals surface area contributed by atoms with Gasteiger partial charge in [-0.05, 0) is 36.3 Å². The minimum absolute atomic E-state index is 0.240. The molecule has 0 amide bonds. The van der Waals surface area contributed by atoms with Crippen LogP contribution < -0.4 is 4.72 Å². The van der Waals surface area contributed by atoms with Crippen LogP contribution in [0.1, 0.15) is 23.6 Å². The molecule has 0 aliphatic heterocycles. The van der Waals surface area contributed by atoms with Crippen LogP contribution in [0.2, 0.25) is 0 Å². The Bertz CT molecular complexity index is 1220. The molecule has 4 aromatic rings. The van der Waals surface area contributed by atoms with Crippen LogP contribution in [0.25, 0.3) is 11.4 Å². The molecular weight excluding hydrogens is 410 g/mol. The topological polar surface area (TPSA) is 89.8 Å². The Labute approximate surface area is 181 Å². The molecule has 4 rings (SSSR count). The molecule has 0 bridgehead atoms. The van der Waals surface area contributed by atoms with E-state index in [-0.39, 0.29) is 4.90 Å². The largest absolute Gasteiger partial charge is 0.241 e. The molecule has 0 saturated carbocycles. The van der Waals surface area contributed by atoms with Crippen molar-refractivity contribution in [2.24, 2.45) is 0 Å². The predicted molar refractivity (Wildman–Crippen MR) is 119 cm³/mol. The lowest BCUT2D eigenvalue weighted by atomic mass is 10.1. The number of aromatic nitrogens is 4. The van der Waals surface area contributed by atoms with Crippen molar-refractivity contribution in [3.63, 3.8) is 0 Å². The summed E-state index contributed by atoms with van der Waals surface area (Å²) in [5.41, 5.74) is 2.76. The zero-order chi connectivity index (χ0) is 21.7. The molecule has 0 aliphatic carbocycles. The second kappa shape index (κ2) is 9.20. The van der Waals surface area contributed by atoms with Gasteiger partial charge in [0.15, 0.2) is 0 Å². The number of benzene rings is 3. The van der Waals surface area contributed by atoms with Crippen LogP contribution in [0.15, 0.2) is 89.8 Å². The fourth-order valence-electron chi connectivity index (χ4n) is 3.24. The highest BCUT2D eigenvalue weighted by Crippen LogP contribution is 2.21. The van der Waals surface area contributed by atoms with E-state index in [4.69, 9.17) is 0 Å². The summed E-state index contributed by atoms with van der Waals surface area (Å²) >= 11 is 0. The third-order valence-corrected chi connectivity index (χ3v) is 6.42. The lowest BCUT2D eigenvalue weighted by Gasteiger charge is -2.19. The van der Waals surface area contributed by atoms with E-state index in [9.17, 15) is 8.42 Å². The van der Waals surface area contributed by atoms with Gasteiger partial charge in [0, 0.05) is 11.6 Å². The van der Waals surface area contributed by atoms with Crippen LogP contribution in [0.4, 0.5) is 0 Å². The first-order valence-electron chi connectivity index (χ1n) is 9.98. The van der Waals surface area contributed by atoms with Crippen LogP contribution in [0, 0.1) is 6.92 Å². The molecule has 3 aromatic carbocycles. The summed E-state index contributed by atoms with van der Waals surface area (Å²) in [6.07, 6.45) is 0.472. The quantitative estimate of drug-likeness (QED) is 0.457. The second-order valence-electron chi connectivity index (χ2n) is 7.26. The molecule has 0 spiro atoms. The predicted octanol–water partition coefficient (Wildman–Crippen LogP) is 3.76. The van der Waals surface area contributed by atoms with Crippen molar-refractivity contribution < 1.29 is 8.42 Å². The number of rotatable bonds is 8. The van der Waals surface area contributed by atoms with Crippen molar-refractivity contribution in [1.29, 1.82) is 0 Å². The summed E-state index contributed by atoms with van der Waals surface area (Å²) < 4.78 is 28.8. The summed E-state index contributed by atoms with van der Waals surface area (Å²) in [6.45, 7) is 2.33. The molecule has 158 valence electrons. The van der Waals surface area contributed by atoms with Gasteiger partial charge in [0.25, 0.3) is 0 Å². The standard InChI is InChI=1S/C23H23N5O2S/c1-18-12-14-21(15-13-18)31(29,30)26-22(19-8-4-2-5-9-19)16-17-28-25-23(24-27-28)20-10-6-3-7-11-20/h2-15,22,26H,16-17H2,1H3. The Morgan fingerprint density at radius 3 is 2.23 bits per heavy atom. The Morgan fingerprint density at radius 2 is 1.55 bits per heavy atom. The fourth-order valence-corrected chi connectivity index (χ4v) is 4.50. The number of nitrogens with zero attached hydrogens (tertiary/aromatic N) is 4. The summed E-state index contributed by atoms with van der Waals surface area (Å²) in [5, 5.41) is 12.7. The van der Waals surface area contributed by atoms with Crippen LogP contribution in [-0.2, 0) is 16.6 Å². The highest BCUT2D eigenvalue weighted by atomic mass is 32.2. The molecule has 0 fully saturated rings. The first-order chi connectivity index (χ1) is 15.0. The molecule has 0 saturated heterocycles. The van der Waals surface area contributed by atoms with E-state index in [1.54, 1.807) is 24.3 Å². The number of hydrogen-bond acceptors (Lipinski definition) is 5. The molecule has 1 atom stereocenters. The lowest BCUT2D eigenvalue weighted by Crippen LogP contribution is -2.29. The minimum atomic E-state index is -3.68. The van der Waals surface area contributed by atoms with Gasteiger partial charge in [0.1, 0.15) is 0 Å². The van der Waals surface area contributed by atoms with Gasteiger partial charge >= 0.3 is 0 Å². The van der Waals surface area contributed by atoms with Gasteiger partial charge in [-0.1, -0.05) is 78.4 Å². The average Bonchev–Trinajstić information content (AvgIpc) is 3.27. The van der Waals surface area contributed by atoms with E-state index in [0.717, 1.165) is 16.7 Å². The van der Waals surface area contributed by atoms with E-state index in [1.807, 2.05) is 67.6 Å². The first kappa shape index (κ1) is 20.9. The van der Waals surface area contributed by atoms with Crippen molar-refractivity contribution >= 4 is 10.0 Å². The highest BCUT2D eigenvalue weighted by molar-refractivity contribution is 7.89. The Morgan fingerprint density at radius 1 is 0.903 bits per heavy atom. The van der Waals surface area contributed by atoms with Crippen molar-refractivity contribution in [2.75, 3.05) is 0 Å². The lowest BCUT2D eigenvalue weighted by molar-refractivity contribution is 0.447. The Balaban J connectivity index is 1.52. The number of tetrazole rings is 1. The van der Waals surface area contributed by atoms with Gasteiger partial charge < -0.3 is 0 Å². The van der Waals surface area contributed by atoms with E-state index in [2.05, 4.69) is 20.1 Å². The second-order valence-corrected chi connectivity index (χ2v) is 8.98. The van der Waals surface area contributed by atoms with Crippen molar-refractivity contribution in [2.45, 2.75) is 30.8 Å².